The fourth-order valence-corrected chi connectivity index (χ4v) is 1.50. The Morgan fingerprint density at radius 3 is 2.69 bits per heavy atom. The Morgan fingerprint density at radius 1 is 1.46 bits per heavy atom. The molecule has 1 rings (SSSR count). The fraction of sp³-hybridized carbons (Fsp3) is 0.400. The third-order valence-electron chi connectivity index (χ3n) is 1.93. The highest BCUT2D eigenvalue weighted by Gasteiger charge is 2.11. The minimum absolute atomic E-state index is 0.0266. The molecule has 13 heavy (non-hydrogen) atoms. The lowest BCUT2D eigenvalue weighted by Gasteiger charge is -2.16. The van der Waals surface area contributed by atoms with E-state index in [1.54, 1.807) is 7.11 Å². The van der Waals surface area contributed by atoms with Crippen molar-refractivity contribution >= 4 is 11.6 Å². The molecule has 72 valence electrons. The lowest BCUT2D eigenvalue weighted by molar-refractivity contribution is 0.104. The number of halogens is 1. The largest absolute Gasteiger partial charge is 0.375 e. The van der Waals surface area contributed by atoms with Crippen LogP contribution in [-0.2, 0) is 4.74 Å². The highest BCUT2D eigenvalue weighted by atomic mass is 35.5. The highest BCUT2D eigenvalue weighted by molar-refractivity contribution is 6.31. The predicted molar refractivity (Wildman–Crippen MR) is 55.1 cm³/mol. The van der Waals surface area contributed by atoms with Crippen molar-refractivity contribution in [2.24, 2.45) is 0 Å². The molecule has 2 nitrogen and oxygen atoms in total. The van der Waals surface area contributed by atoms with Crippen molar-refractivity contribution in [2.45, 2.75) is 6.10 Å². The van der Waals surface area contributed by atoms with Crippen molar-refractivity contribution in [3.8, 4) is 0 Å². The smallest absolute Gasteiger partial charge is 0.0959 e. The Labute approximate surface area is 83.9 Å². The highest BCUT2D eigenvalue weighted by Crippen LogP contribution is 2.24. The molecule has 1 aromatic carbocycles. The average molecular weight is 200 g/mol. The minimum atomic E-state index is 0.0266. The second kappa shape index (κ2) is 5.22. The molecule has 0 saturated heterocycles. The van der Waals surface area contributed by atoms with Crippen molar-refractivity contribution in [1.29, 1.82) is 0 Å². The van der Waals surface area contributed by atoms with E-state index in [1.807, 2.05) is 31.3 Å². The van der Waals surface area contributed by atoms with Crippen LogP contribution in [0.2, 0.25) is 5.02 Å². The first-order valence-electron chi connectivity index (χ1n) is 4.21. The lowest BCUT2D eigenvalue weighted by Crippen LogP contribution is -2.18. The van der Waals surface area contributed by atoms with Crippen molar-refractivity contribution < 1.29 is 4.74 Å². The van der Waals surface area contributed by atoms with Crippen LogP contribution < -0.4 is 5.32 Å². The summed E-state index contributed by atoms with van der Waals surface area (Å²) in [5.74, 6) is 0. The summed E-state index contributed by atoms with van der Waals surface area (Å²) in [6.07, 6.45) is 0.0266. The van der Waals surface area contributed by atoms with Crippen LogP contribution in [0.1, 0.15) is 11.7 Å². The molecule has 0 radical (unpaired) electrons. The monoisotopic (exact) mass is 199 g/mol. The van der Waals surface area contributed by atoms with Gasteiger partial charge in [0.2, 0.25) is 0 Å². The molecule has 0 unspecified atom stereocenters. The summed E-state index contributed by atoms with van der Waals surface area (Å²) in [7, 11) is 3.58. The van der Waals surface area contributed by atoms with Gasteiger partial charge in [-0.05, 0) is 13.1 Å². The van der Waals surface area contributed by atoms with Crippen LogP contribution in [0.3, 0.4) is 0 Å². The average Bonchev–Trinajstić information content (AvgIpc) is 2.16. The number of nitrogens with one attached hydrogen (secondary N) is 1. The Morgan fingerprint density at radius 2 is 2.15 bits per heavy atom. The van der Waals surface area contributed by atoms with Gasteiger partial charge in [0.15, 0.2) is 0 Å². The molecule has 0 aliphatic carbocycles. The van der Waals surface area contributed by atoms with E-state index in [4.69, 9.17) is 16.3 Å². The molecule has 0 heterocycles. The summed E-state index contributed by atoms with van der Waals surface area (Å²) >= 11 is 6.03. The van der Waals surface area contributed by atoms with E-state index in [-0.39, 0.29) is 6.10 Å². The van der Waals surface area contributed by atoms with Crippen LogP contribution in [0.15, 0.2) is 24.3 Å². The van der Waals surface area contributed by atoms with E-state index in [9.17, 15) is 0 Å². The van der Waals surface area contributed by atoms with Crippen LogP contribution in [0.5, 0.6) is 0 Å². The van der Waals surface area contributed by atoms with Gasteiger partial charge in [-0.25, -0.2) is 0 Å². The lowest BCUT2D eigenvalue weighted by atomic mass is 10.1. The van der Waals surface area contributed by atoms with Crippen LogP contribution in [0.25, 0.3) is 0 Å². The molecule has 0 aliphatic heterocycles. The van der Waals surface area contributed by atoms with Gasteiger partial charge in [0.05, 0.1) is 6.10 Å². The maximum atomic E-state index is 6.03. The van der Waals surface area contributed by atoms with Crippen LogP contribution in [0, 0.1) is 0 Å². The van der Waals surface area contributed by atoms with Crippen molar-refractivity contribution in [3.05, 3.63) is 34.9 Å². The maximum absolute atomic E-state index is 6.03. The molecule has 1 atom stereocenters. The normalized spacial score (nSPS) is 12.8. The number of hydrogen-bond donors (Lipinski definition) is 1. The maximum Gasteiger partial charge on any atom is 0.0959 e. The van der Waals surface area contributed by atoms with E-state index in [1.165, 1.54) is 0 Å². The first-order chi connectivity index (χ1) is 6.29. The topological polar surface area (TPSA) is 21.3 Å². The molecule has 0 amide bonds. The summed E-state index contributed by atoms with van der Waals surface area (Å²) < 4.78 is 5.31. The molecule has 0 aliphatic rings. The van der Waals surface area contributed by atoms with Crippen molar-refractivity contribution in [3.63, 3.8) is 0 Å². The SMILES string of the molecule is CNC[C@@H](OC)c1ccccc1Cl. The van der Waals surface area contributed by atoms with Crippen molar-refractivity contribution in [2.75, 3.05) is 20.7 Å². The zero-order valence-corrected chi connectivity index (χ0v) is 8.64. The standard InChI is InChI=1S/C10H14ClNO/c1-12-7-10(13-2)8-5-3-4-6-9(8)11/h3-6,10,12H,7H2,1-2H3/t10-/m1/s1. The third-order valence-corrected chi connectivity index (χ3v) is 2.27. The quantitative estimate of drug-likeness (QED) is 0.803. The van der Waals surface area contributed by atoms with Gasteiger partial charge >= 0.3 is 0 Å². The molecule has 1 aromatic rings. The van der Waals surface area contributed by atoms with E-state index in [0.29, 0.717) is 0 Å². The van der Waals surface area contributed by atoms with E-state index >= 15 is 0 Å². The number of likely N-dealkylation sites (N-methyl/N-ethyl adjacent to an activating group) is 1. The minimum Gasteiger partial charge on any atom is -0.375 e. The van der Waals surface area contributed by atoms with E-state index in [2.05, 4.69) is 5.32 Å². The summed E-state index contributed by atoms with van der Waals surface area (Å²) in [6.45, 7) is 0.764. The van der Waals surface area contributed by atoms with Gasteiger partial charge < -0.3 is 10.1 Å². The Hall–Kier alpha value is -0.570. The van der Waals surface area contributed by atoms with Gasteiger partial charge in [0.1, 0.15) is 0 Å². The summed E-state index contributed by atoms with van der Waals surface area (Å²) in [5.41, 5.74) is 1.03. The first-order valence-corrected chi connectivity index (χ1v) is 4.59. The fourth-order valence-electron chi connectivity index (χ4n) is 1.24. The Bertz CT molecular complexity index is 265. The summed E-state index contributed by atoms with van der Waals surface area (Å²) in [6, 6.07) is 7.73. The molecule has 3 heteroatoms. The van der Waals surface area contributed by atoms with Crippen LogP contribution >= 0.6 is 11.6 Å². The van der Waals surface area contributed by atoms with Crippen LogP contribution in [-0.4, -0.2) is 20.7 Å². The summed E-state index contributed by atoms with van der Waals surface area (Å²) in [5, 5.41) is 3.82. The number of ether oxygens (including phenoxy) is 1. The van der Waals surface area contributed by atoms with Gasteiger partial charge in [0, 0.05) is 24.2 Å². The van der Waals surface area contributed by atoms with E-state index < -0.39 is 0 Å². The van der Waals surface area contributed by atoms with Gasteiger partial charge in [-0.2, -0.15) is 0 Å². The number of methoxy groups -OCH3 is 1. The zero-order chi connectivity index (χ0) is 9.68. The van der Waals surface area contributed by atoms with Gasteiger partial charge in [-0.1, -0.05) is 29.8 Å². The molecular formula is C10H14ClNO. The molecular weight excluding hydrogens is 186 g/mol. The molecule has 0 bridgehead atoms. The van der Waals surface area contributed by atoms with Crippen molar-refractivity contribution in [1.82, 2.24) is 5.32 Å². The molecule has 0 spiro atoms. The Balaban J connectivity index is 2.84. The number of hydrogen-bond acceptors (Lipinski definition) is 2. The molecule has 0 saturated carbocycles. The summed E-state index contributed by atoms with van der Waals surface area (Å²) in [4.78, 5) is 0. The predicted octanol–water partition coefficient (Wildman–Crippen LogP) is 2.25. The third kappa shape index (κ3) is 2.69. The van der Waals surface area contributed by atoms with Crippen LogP contribution in [0.4, 0.5) is 0 Å². The van der Waals surface area contributed by atoms with E-state index in [0.717, 1.165) is 17.1 Å². The molecule has 0 aromatic heterocycles. The molecule has 1 N–H and O–H groups in total. The van der Waals surface area contributed by atoms with Gasteiger partial charge in [-0.15, -0.1) is 0 Å². The zero-order valence-electron chi connectivity index (χ0n) is 7.88. The Kier molecular flexibility index (Phi) is 4.22. The first kappa shape index (κ1) is 10.5. The number of benzene rings is 1. The van der Waals surface area contributed by atoms with Gasteiger partial charge in [0.25, 0.3) is 0 Å². The molecule has 0 fully saturated rings. The second-order valence-electron chi connectivity index (χ2n) is 2.80. The number of rotatable bonds is 4. The van der Waals surface area contributed by atoms with Gasteiger partial charge in [-0.3, -0.25) is 0 Å². The second-order valence-corrected chi connectivity index (χ2v) is 3.21.